The molecular formula is C20H23NO5. The maximum Gasteiger partial charge on any atom is 0.336 e. The van der Waals surface area contributed by atoms with Crippen LogP contribution in [0.3, 0.4) is 0 Å². The van der Waals surface area contributed by atoms with Gasteiger partial charge in [0.1, 0.15) is 5.75 Å². The second-order valence-corrected chi connectivity index (χ2v) is 5.48. The second kappa shape index (κ2) is 9.01. The largest absolute Gasteiger partial charge is 0.507 e. The summed E-state index contributed by atoms with van der Waals surface area (Å²) in [6, 6.07) is 10.8. The lowest BCUT2D eigenvalue weighted by molar-refractivity contribution is 0.0692. The standard InChI is InChI=1S/C18H17NO5.C2H6/c20-16-11-12(19-7-9-24-10-8-19)5-6-15(16)17(21)13-3-1-2-4-14(13)18(22)23;1-2/h1-6,11,20H,7-10H2,(H,22,23);1-2H3. The van der Waals surface area contributed by atoms with Crippen LogP contribution in [0.15, 0.2) is 42.5 Å². The Morgan fingerprint density at radius 2 is 1.58 bits per heavy atom. The van der Waals surface area contributed by atoms with Gasteiger partial charge < -0.3 is 19.8 Å². The van der Waals surface area contributed by atoms with E-state index in [2.05, 4.69) is 4.90 Å². The number of ketones is 1. The molecule has 138 valence electrons. The van der Waals surface area contributed by atoms with Crippen LogP contribution in [0.4, 0.5) is 5.69 Å². The number of phenols is 1. The molecule has 0 spiro atoms. The van der Waals surface area contributed by atoms with Gasteiger partial charge in [0.2, 0.25) is 0 Å². The molecule has 0 bridgehead atoms. The fourth-order valence-electron chi connectivity index (χ4n) is 2.74. The molecule has 6 nitrogen and oxygen atoms in total. The van der Waals surface area contributed by atoms with Gasteiger partial charge in [-0.1, -0.05) is 32.0 Å². The summed E-state index contributed by atoms with van der Waals surface area (Å²) >= 11 is 0. The van der Waals surface area contributed by atoms with Gasteiger partial charge in [0.15, 0.2) is 5.78 Å². The van der Waals surface area contributed by atoms with Crippen LogP contribution in [0, 0.1) is 0 Å². The molecule has 2 aromatic carbocycles. The molecule has 0 saturated carbocycles. The number of hydrogen-bond acceptors (Lipinski definition) is 5. The van der Waals surface area contributed by atoms with Gasteiger partial charge in [-0.3, -0.25) is 4.79 Å². The quantitative estimate of drug-likeness (QED) is 0.817. The van der Waals surface area contributed by atoms with E-state index in [4.69, 9.17) is 4.74 Å². The minimum absolute atomic E-state index is 0.0550. The lowest BCUT2D eigenvalue weighted by Gasteiger charge is -2.29. The van der Waals surface area contributed by atoms with Crippen LogP contribution in [0.5, 0.6) is 5.75 Å². The van der Waals surface area contributed by atoms with Gasteiger partial charge in [-0.25, -0.2) is 4.79 Å². The number of carboxylic acid groups (broad SMARTS) is 1. The molecule has 3 rings (SSSR count). The Hall–Kier alpha value is -2.86. The summed E-state index contributed by atoms with van der Waals surface area (Å²) in [4.78, 5) is 26.0. The molecule has 0 atom stereocenters. The molecule has 6 heteroatoms. The van der Waals surface area contributed by atoms with Gasteiger partial charge in [0.05, 0.1) is 24.3 Å². The van der Waals surface area contributed by atoms with E-state index in [0.717, 1.165) is 5.69 Å². The molecule has 0 radical (unpaired) electrons. The lowest BCUT2D eigenvalue weighted by atomic mass is 9.97. The van der Waals surface area contributed by atoms with Crippen molar-refractivity contribution in [3.8, 4) is 5.75 Å². The first-order valence-electron chi connectivity index (χ1n) is 8.60. The van der Waals surface area contributed by atoms with Crippen molar-refractivity contribution in [3.05, 3.63) is 59.2 Å². The van der Waals surface area contributed by atoms with Crippen molar-refractivity contribution in [1.29, 1.82) is 0 Å². The van der Waals surface area contributed by atoms with E-state index in [0.29, 0.717) is 26.3 Å². The summed E-state index contributed by atoms with van der Waals surface area (Å²) in [6.07, 6.45) is 0. The number of aromatic carboxylic acids is 1. The third kappa shape index (κ3) is 4.21. The zero-order valence-electron chi connectivity index (χ0n) is 14.9. The average Bonchev–Trinajstić information content (AvgIpc) is 2.69. The Kier molecular flexibility index (Phi) is 6.74. The van der Waals surface area contributed by atoms with E-state index in [-0.39, 0.29) is 22.4 Å². The molecule has 1 heterocycles. The van der Waals surface area contributed by atoms with Crippen molar-refractivity contribution in [2.24, 2.45) is 0 Å². The van der Waals surface area contributed by atoms with Crippen LogP contribution in [-0.2, 0) is 4.74 Å². The first kappa shape index (κ1) is 19.5. The minimum Gasteiger partial charge on any atom is -0.507 e. The highest BCUT2D eigenvalue weighted by molar-refractivity contribution is 6.15. The highest BCUT2D eigenvalue weighted by Crippen LogP contribution is 2.28. The SMILES string of the molecule is CC.O=C(O)c1ccccc1C(=O)c1ccc(N2CCOCC2)cc1O. The summed E-state index contributed by atoms with van der Waals surface area (Å²) in [6.45, 7) is 6.67. The van der Waals surface area contributed by atoms with E-state index >= 15 is 0 Å². The number of ether oxygens (including phenoxy) is 1. The number of carbonyl (C=O) groups excluding carboxylic acids is 1. The molecule has 1 aliphatic heterocycles. The predicted molar refractivity (Wildman–Crippen MR) is 99.3 cm³/mol. The molecule has 0 unspecified atom stereocenters. The summed E-state index contributed by atoms with van der Waals surface area (Å²) in [5, 5.41) is 19.5. The van der Waals surface area contributed by atoms with E-state index in [9.17, 15) is 19.8 Å². The zero-order chi connectivity index (χ0) is 19.1. The summed E-state index contributed by atoms with van der Waals surface area (Å²) in [7, 11) is 0. The summed E-state index contributed by atoms with van der Waals surface area (Å²) in [5.41, 5.74) is 0.859. The normalized spacial score (nSPS) is 13.5. The highest BCUT2D eigenvalue weighted by atomic mass is 16.5. The number of morpholine rings is 1. The molecule has 0 aliphatic carbocycles. The number of hydrogen-bond donors (Lipinski definition) is 2. The smallest absolute Gasteiger partial charge is 0.336 e. The molecule has 1 aliphatic rings. The first-order valence-corrected chi connectivity index (χ1v) is 8.60. The van der Waals surface area contributed by atoms with Gasteiger partial charge in [-0.15, -0.1) is 0 Å². The van der Waals surface area contributed by atoms with Crippen LogP contribution < -0.4 is 4.90 Å². The third-order valence-electron chi connectivity index (χ3n) is 4.00. The monoisotopic (exact) mass is 357 g/mol. The van der Waals surface area contributed by atoms with Gasteiger partial charge in [0, 0.05) is 30.4 Å². The lowest BCUT2D eigenvalue weighted by Crippen LogP contribution is -2.36. The number of anilines is 1. The summed E-state index contributed by atoms with van der Waals surface area (Å²) < 4.78 is 5.29. The number of aromatic hydroxyl groups is 1. The van der Waals surface area contributed by atoms with Crippen molar-refractivity contribution < 1.29 is 24.5 Å². The van der Waals surface area contributed by atoms with Crippen LogP contribution in [0.1, 0.15) is 40.1 Å². The maximum absolute atomic E-state index is 12.6. The van der Waals surface area contributed by atoms with Crippen LogP contribution >= 0.6 is 0 Å². The van der Waals surface area contributed by atoms with Crippen LogP contribution in [0.2, 0.25) is 0 Å². The Labute approximate surface area is 152 Å². The molecular weight excluding hydrogens is 334 g/mol. The fraction of sp³-hybridized carbons (Fsp3) is 0.300. The second-order valence-electron chi connectivity index (χ2n) is 5.48. The molecule has 1 saturated heterocycles. The zero-order valence-corrected chi connectivity index (χ0v) is 14.9. The van der Waals surface area contributed by atoms with Crippen molar-refractivity contribution >= 4 is 17.4 Å². The van der Waals surface area contributed by atoms with Crippen molar-refractivity contribution in [1.82, 2.24) is 0 Å². The van der Waals surface area contributed by atoms with Gasteiger partial charge in [0.25, 0.3) is 0 Å². The number of nitrogens with zero attached hydrogens (tertiary/aromatic N) is 1. The number of phenolic OH excluding ortho intramolecular Hbond substituents is 1. The number of carboxylic acids is 1. The highest BCUT2D eigenvalue weighted by Gasteiger charge is 2.21. The molecule has 0 aromatic heterocycles. The van der Waals surface area contributed by atoms with Crippen LogP contribution in [0.25, 0.3) is 0 Å². The number of carbonyl (C=O) groups is 2. The first-order chi connectivity index (χ1) is 12.6. The predicted octanol–water partition coefficient (Wildman–Crippen LogP) is 3.18. The molecule has 0 amide bonds. The Morgan fingerprint density at radius 3 is 2.15 bits per heavy atom. The van der Waals surface area contributed by atoms with E-state index < -0.39 is 11.8 Å². The average molecular weight is 357 g/mol. The van der Waals surface area contributed by atoms with Crippen molar-refractivity contribution in [2.45, 2.75) is 13.8 Å². The number of rotatable bonds is 4. The molecule has 2 N–H and O–H groups in total. The van der Waals surface area contributed by atoms with Crippen molar-refractivity contribution in [2.75, 3.05) is 31.2 Å². The molecule has 2 aromatic rings. The van der Waals surface area contributed by atoms with E-state index in [1.807, 2.05) is 13.8 Å². The molecule has 26 heavy (non-hydrogen) atoms. The van der Waals surface area contributed by atoms with E-state index in [1.165, 1.54) is 24.3 Å². The van der Waals surface area contributed by atoms with Crippen molar-refractivity contribution in [3.63, 3.8) is 0 Å². The van der Waals surface area contributed by atoms with Gasteiger partial charge in [-0.2, -0.15) is 0 Å². The van der Waals surface area contributed by atoms with Gasteiger partial charge in [-0.05, 0) is 18.2 Å². The minimum atomic E-state index is -1.18. The molecule has 1 fully saturated rings. The fourth-order valence-corrected chi connectivity index (χ4v) is 2.74. The summed E-state index contributed by atoms with van der Waals surface area (Å²) in [5.74, 6) is -1.86. The van der Waals surface area contributed by atoms with Crippen LogP contribution in [-0.4, -0.2) is 48.3 Å². The maximum atomic E-state index is 12.6. The third-order valence-corrected chi connectivity index (χ3v) is 4.00. The van der Waals surface area contributed by atoms with Gasteiger partial charge >= 0.3 is 5.97 Å². The van der Waals surface area contributed by atoms with E-state index in [1.54, 1.807) is 18.2 Å². The Morgan fingerprint density at radius 1 is 0.962 bits per heavy atom. The topological polar surface area (TPSA) is 87.1 Å². The number of benzene rings is 2. The Bertz CT molecular complexity index is 782. The Balaban J connectivity index is 0.00000117.